The highest BCUT2D eigenvalue weighted by molar-refractivity contribution is 7.09. The first kappa shape index (κ1) is 15.4. The second-order valence-corrected chi connectivity index (χ2v) is 5.80. The van der Waals surface area contributed by atoms with Gasteiger partial charge in [-0.2, -0.15) is 0 Å². The second kappa shape index (κ2) is 7.17. The molecule has 0 saturated heterocycles. The number of rotatable bonds is 5. The van der Waals surface area contributed by atoms with Crippen molar-refractivity contribution in [1.82, 2.24) is 20.6 Å². The van der Waals surface area contributed by atoms with E-state index in [4.69, 9.17) is 0 Å². The van der Waals surface area contributed by atoms with Gasteiger partial charge in [-0.3, -0.25) is 4.98 Å². The molecule has 0 unspecified atom stereocenters. The molecule has 2 aromatic rings. The molecule has 5 nitrogen and oxygen atoms in total. The number of pyridine rings is 1. The highest BCUT2D eigenvalue weighted by atomic mass is 32.1. The normalized spacial score (nSPS) is 13.5. The SMILES string of the molecule is CC[C@@H](NC(=O)N[C@@H](C)c1ccncc1)c1nc(C)cs1. The molecule has 2 N–H and O–H groups in total. The number of urea groups is 1. The Kier molecular flexibility index (Phi) is 5.27. The van der Waals surface area contributed by atoms with Crippen LogP contribution < -0.4 is 10.6 Å². The maximum Gasteiger partial charge on any atom is 0.315 e. The van der Waals surface area contributed by atoms with Gasteiger partial charge in [-0.25, -0.2) is 9.78 Å². The quantitative estimate of drug-likeness (QED) is 0.890. The van der Waals surface area contributed by atoms with Crippen LogP contribution in [0, 0.1) is 6.92 Å². The summed E-state index contributed by atoms with van der Waals surface area (Å²) in [5, 5.41) is 8.86. The Morgan fingerprint density at radius 1 is 1.33 bits per heavy atom. The number of aryl methyl sites for hydroxylation is 1. The van der Waals surface area contributed by atoms with Crippen LogP contribution in [0.5, 0.6) is 0 Å². The third-order valence-electron chi connectivity index (χ3n) is 3.20. The molecule has 0 aliphatic rings. The van der Waals surface area contributed by atoms with Gasteiger partial charge in [-0.05, 0) is 38.0 Å². The van der Waals surface area contributed by atoms with Crippen molar-refractivity contribution in [2.75, 3.05) is 0 Å². The Labute approximate surface area is 128 Å². The number of hydrogen-bond donors (Lipinski definition) is 2. The third-order valence-corrected chi connectivity index (χ3v) is 4.28. The minimum atomic E-state index is -0.181. The van der Waals surface area contributed by atoms with Crippen LogP contribution in [0.1, 0.15) is 48.6 Å². The van der Waals surface area contributed by atoms with Crippen molar-refractivity contribution >= 4 is 17.4 Å². The van der Waals surface area contributed by atoms with Crippen LogP contribution in [0.25, 0.3) is 0 Å². The Balaban J connectivity index is 1.94. The van der Waals surface area contributed by atoms with E-state index in [0.29, 0.717) is 0 Å². The van der Waals surface area contributed by atoms with Gasteiger partial charge < -0.3 is 10.6 Å². The van der Waals surface area contributed by atoms with E-state index in [2.05, 4.69) is 20.6 Å². The van der Waals surface area contributed by atoms with Gasteiger partial charge in [-0.15, -0.1) is 11.3 Å². The average molecular weight is 304 g/mol. The van der Waals surface area contributed by atoms with Crippen molar-refractivity contribution in [3.63, 3.8) is 0 Å². The molecule has 2 atom stereocenters. The number of hydrogen-bond acceptors (Lipinski definition) is 4. The van der Waals surface area contributed by atoms with Crippen LogP contribution in [0.2, 0.25) is 0 Å². The highest BCUT2D eigenvalue weighted by Gasteiger charge is 2.17. The fourth-order valence-electron chi connectivity index (χ4n) is 2.00. The van der Waals surface area contributed by atoms with E-state index >= 15 is 0 Å². The van der Waals surface area contributed by atoms with Crippen molar-refractivity contribution in [3.8, 4) is 0 Å². The van der Waals surface area contributed by atoms with Gasteiger partial charge in [0, 0.05) is 23.5 Å². The maximum atomic E-state index is 12.1. The van der Waals surface area contributed by atoms with Crippen molar-refractivity contribution in [3.05, 3.63) is 46.2 Å². The number of aromatic nitrogens is 2. The maximum absolute atomic E-state index is 12.1. The minimum Gasteiger partial charge on any atom is -0.332 e. The summed E-state index contributed by atoms with van der Waals surface area (Å²) in [5.74, 6) is 0. The summed E-state index contributed by atoms with van der Waals surface area (Å²) in [6, 6.07) is 3.50. The summed E-state index contributed by atoms with van der Waals surface area (Å²) in [5.41, 5.74) is 2.01. The molecule has 2 aromatic heterocycles. The molecular weight excluding hydrogens is 284 g/mol. The summed E-state index contributed by atoms with van der Waals surface area (Å²) < 4.78 is 0. The molecule has 0 radical (unpaired) electrons. The van der Waals surface area contributed by atoms with Crippen LogP contribution >= 0.6 is 11.3 Å². The largest absolute Gasteiger partial charge is 0.332 e. The van der Waals surface area contributed by atoms with Gasteiger partial charge in [0.2, 0.25) is 0 Å². The molecule has 0 saturated carbocycles. The lowest BCUT2D eigenvalue weighted by Gasteiger charge is -2.18. The lowest BCUT2D eigenvalue weighted by molar-refractivity contribution is 0.233. The number of thiazole rings is 1. The fourth-order valence-corrected chi connectivity index (χ4v) is 2.93. The molecular formula is C15H20N4OS. The van der Waals surface area contributed by atoms with E-state index < -0.39 is 0 Å². The summed E-state index contributed by atoms with van der Waals surface area (Å²) >= 11 is 1.58. The number of carbonyl (C=O) groups is 1. The second-order valence-electron chi connectivity index (χ2n) is 4.91. The Morgan fingerprint density at radius 3 is 2.62 bits per heavy atom. The van der Waals surface area contributed by atoms with Gasteiger partial charge in [0.25, 0.3) is 0 Å². The summed E-state index contributed by atoms with van der Waals surface area (Å²) in [4.78, 5) is 20.5. The smallest absolute Gasteiger partial charge is 0.315 e. The Morgan fingerprint density at radius 2 is 2.05 bits per heavy atom. The predicted molar refractivity (Wildman–Crippen MR) is 84.2 cm³/mol. The molecule has 2 heterocycles. The van der Waals surface area contributed by atoms with Gasteiger partial charge in [0.15, 0.2) is 0 Å². The number of amides is 2. The van der Waals surface area contributed by atoms with Crippen molar-refractivity contribution < 1.29 is 4.79 Å². The van der Waals surface area contributed by atoms with Crippen LogP contribution in [0.3, 0.4) is 0 Å². The molecule has 0 fully saturated rings. The van der Waals surface area contributed by atoms with E-state index in [1.807, 2.05) is 38.3 Å². The Bertz CT molecular complexity index is 584. The van der Waals surface area contributed by atoms with E-state index in [9.17, 15) is 4.79 Å². The van der Waals surface area contributed by atoms with Crippen LogP contribution in [0.15, 0.2) is 29.9 Å². The third kappa shape index (κ3) is 4.26. The molecule has 2 rings (SSSR count). The van der Waals surface area contributed by atoms with E-state index in [1.165, 1.54) is 0 Å². The van der Waals surface area contributed by atoms with Crippen LogP contribution in [-0.2, 0) is 0 Å². The summed E-state index contributed by atoms with van der Waals surface area (Å²) in [6.07, 6.45) is 4.25. The molecule has 2 amide bonds. The van der Waals surface area contributed by atoms with E-state index in [1.54, 1.807) is 23.7 Å². The average Bonchev–Trinajstić information content (AvgIpc) is 2.92. The van der Waals surface area contributed by atoms with Gasteiger partial charge >= 0.3 is 6.03 Å². The Hall–Kier alpha value is -1.95. The number of nitrogens with zero attached hydrogens (tertiary/aromatic N) is 2. The van der Waals surface area contributed by atoms with E-state index in [-0.39, 0.29) is 18.1 Å². The lowest BCUT2D eigenvalue weighted by Crippen LogP contribution is -2.39. The molecule has 0 aliphatic carbocycles. The van der Waals surface area contributed by atoms with Gasteiger partial charge in [0.1, 0.15) is 5.01 Å². The van der Waals surface area contributed by atoms with Gasteiger partial charge in [0.05, 0.1) is 12.1 Å². The zero-order valence-electron chi connectivity index (χ0n) is 12.5. The summed E-state index contributed by atoms with van der Waals surface area (Å²) in [7, 11) is 0. The monoisotopic (exact) mass is 304 g/mol. The molecule has 0 bridgehead atoms. The highest BCUT2D eigenvalue weighted by Crippen LogP contribution is 2.20. The van der Waals surface area contributed by atoms with Crippen LogP contribution in [-0.4, -0.2) is 16.0 Å². The molecule has 0 spiro atoms. The number of carbonyl (C=O) groups excluding carboxylic acids is 1. The van der Waals surface area contributed by atoms with Crippen LogP contribution in [0.4, 0.5) is 4.79 Å². The summed E-state index contributed by atoms with van der Waals surface area (Å²) in [6.45, 7) is 5.94. The first-order valence-electron chi connectivity index (χ1n) is 6.99. The molecule has 6 heteroatoms. The zero-order valence-corrected chi connectivity index (χ0v) is 13.3. The topological polar surface area (TPSA) is 66.9 Å². The first-order chi connectivity index (χ1) is 10.1. The zero-order chi connectivity index (χ0) is 15.2. The van der Waals surface area contributed by atoms with Crippen molar-refractivity contribution in [1.29, 1.82) is 0 Å². The van der Waals surface area contributed by atoms with E-state index in [0.717, 1.165) is 22.7 Å². The minimum absolute atomic E-state index is 0.0478. The molecule has 21 heavy (non-hydrogen) atoms. The molecule has 0 aromatic carbocycles. The molecule has 0 aliphatic heterocycles. The fraction of sp³-hybridized carbons (Fsp3) is 0.400. The standard InChI is InChI=1S/C15H20N4OS/c1-4-13(14-17-10(2)9-21-14)19-15(20)18-11(3)12-5-7-16-8-6-12/h5-9,11,13H,4H2,1-3H3,(H2,18,19,20)/t11-,13+/m0/s1. The number of nitrogens with one attached hydrogen (secondary N) is 2. The molecule has 112 valence electrons. The first-order valence-corrected chi connectivity index (χ1v) is 7.87. The predicted octanol–water partition coefficient (Wildman–Crippen LogP) is 3.36. The van der Waals surface area contributed by atoms with Crippen molar-refractivity contribution in [2.24, 2.45) is 0 Å². The van der Waals surface area contributed by atoms with Gasteiger partial charge in [-0.1, -0.05) is 6.92 Å². The lowest BCUT2D eigenvalue weighted by atomic mass is 10.1. The van der Waals surface area contributed by atoms with Crippen molar-refractivity contribution in [2.45, 2.75) is 39.3 Å².